The minimum Gasteiger partial charge on any atom is -0.374 e. The van der Waals surface area contributed by atoms with E-state index in [1.807, 2.05) is 91.0 Å². The van der Waals surface area contributed by atoms with Crippen molar-refractivity contribution < 1.29 is 18.9 Å². The van der Waals surface area contributed by atoms with Crippen molar-refractivity contribution in [3.63, 3.8) is 0 Å². The van der Waals surface area contributed by atoms with Crippen molar-refractivity contribution >= 4 is 0 Å². The summed E-state index contributed by atoms with van der Waals surface area (Å²) in [7, 11) is 0. The minimum atomic E-state index is -0.387. The molecule has 0 aromatic heterocycles. The van der Waals surface area contributed by atoms with Gasteiger partial charge in [0.15, 0.2) is 0 Å². The van der Waals surface area contributed by atoms with E-state index in [2.05, 4.69) is 10.0 Å². The monoisotopic (exact) mass is 473 g/mol. The number of azide groups is 1. The van der Waals surface area contributed by atoms with Gasteiger partial charge < -0.3 is 18.9 Å². The third-order valence-electron chi connectivity index (χ3n) is 6.02. The molecule has 0 spiro atoms. The van der Waals surface area contributed by atoms with E-state index in [1.165, 1.54) is 0 Å². The molecule has 182 valence electrons. The SMILES string of the molecule is [N-]=[N+]=NC[C@@H]1CO[C@H](COCc2ccccc2)[C@H](OCc2ccccc2)[C@@H]1OCc1ccccc1. The molecule has 0 N–H and O–H groups in total. The summed E-state index contributed by atoms with van der Waals surface area (Å²) in [6, 6.07) is 30.1. The second kappa shape index (κ2) is 13.6. The second-order valence-corrected chi connectivity index (χ2v) is 8.57. The Bertz CT molecular complexity index is 1050. The van der Waals surface area contributed by atoms with Crippen molar-refractivity contribution in [1.29, 1.82) is 0 Å². The van der Waals surface area contributed by atoms with Crippen LogP contribution in [0, 0.1) is 5.92 Å². The lowest BCUT2D eigenvalue weighted by Crippen LogP contribution is -2.54. The van der Waals surface area contributed by atoms with E-state index in [4.69, 9.17) is 24.5 Å². The van der Waals surface area contributed by atoms with Crippen molar-refractivity contribution in [2.24, 2.45) is 11.0 Å². The van der Waals surface area contributed by atoms with E-state index < -0.39 is 0 Å². The van der Waals surface area contributed by atoms with Crippen LogP contribution in [0.5, 0.6) is 0 Å². The lowest BCUT2D eigenvalue weighted by Gasteiger charge is -2.42. The Balaban J connectivity index is 1.49. The molecule has 0 radical (unpaired) electrons. The first-order chi connectivity index (χ1) is 17.3. The Hall–Kier alpha value is -3.19. The smallest absolute Gasteiger partial charge is 0.113 e. The molecule has 7 nitrogen and oxygen atoms in total. The zero-order valence-electron chi connectivity index (χ0n) is 19.7. The Morgan fingerprint density at radius 3 is 1.80 bits per heavy atom. The maximum absolute atomic E-state index is 8.91. The van der Waals surface area contributed by atoms with Crippen LogP contribution >= 0.6 is 0 Å². The fraction of sp³-hybridized carbons (Fsp3) is 0.357. The summed E-state index contributed by atoms with van der Waals surface area (Å²) >= 11 is 0. The Morgan fingerprint density at radius 1 is 0.743 bits per heavy atom. The molecule has 0 unspecified atom stereocenters. The molecule has 0 aliphatic carbocycles. The first-order valence-electron chi connectivity index (χ1n) is 11.9. The van der Waals surface area contributed by atoms with Gasteiger partial charge in [-0.05, 0) is 22.2 Å². The van der Waals surface area contributed by atoms with Crippen LogP contribution in [0.2, 0.25) is 0 Å². The van der Waals surface area contributed by atoms with Crippen molar-refractivity contribution in [2.45, 2.75) is 38.1 Å². The molecule has 3 aromatic rings. The topological polar surface area (TPSA) is 85.7 Å². The van der Waals surface area contributed by atoms with Crippen molar-refractivity contribution in [1.82, 2.24) is 0 Å². The molecule has 4 rings (SSSR count). The lowest BCUT2D eigenvalue weighted by atomic mass is 9.91. The second-order valence-electron chi connectivity index (χ2n) is 8.57. The van der Waals surface area contributed by atoms with Crippen LogP contribution in [0.25, 0.3) is 10.4 Å². The van der Waals surface area contributed by atoms with Gasteiger partial charge >= 0.3 is 0 Å². The number of benzene rings is 3. The van der Waals surface area contributed by atoms with Gasteiger partial charge in [0.1, 0.15) is 12.2 Å². The third-order valence-corrected chi connectivity index (χ3v) is 6.02. The molecular formula is C28H31N3O4. The maximum atomic E-state index is 8.91. The van der Waals surface area contributed by atoms with Crippen LogP contribution in [-0.2, 0) is 38.8 Å². The molecular weight excluding hydrogens is 442 g/mol. The predicted molar refractivity (Wildman–Crippen MR) is 133 cm³/mol. The summed E-state index contributed by atoms with van der Waals surface area (Å²) in [4.78, 5) is 2.95. The number of hydrogen-bond acceptors (Lipinski definition) is 5. The van der Waals surface area contributed by atoms with Gasteiger partial charge in [-0.15, -0.1) is 0 Å². The number of rotatable bonds is 12. The van der Waals surface area contributed by atoms with Gasteiger partial charge in [0.25, 0.3) is 0 Å². The van der Waals surface area contributed by atoms with Crippen LogP contribution in [0.15, 0.2) is 96.1 Å². The van der Waals surface area contributed by atoms with Gasteiger partial charge in [0.2, 0.25) is 0 Å². The van der Waals surface area contributed by atoms with Crippen molar-refractivity contribution in [3.8, 4) is 0 Å². The van der Waals surface area contributed by atoms with E-state index in [-0.39, 0.29) is 30.8 Å². The summed E-state index contributed by atoms with van der Waals surface area (Å²) in [5, 5.41) is 3.81. The fourth-order valence-corrected chi connectivity index (χ4v) is 4.19. The molecule has 1 heterocycles. The molecule has 4 atom stereocenters. The molecule has 1 saturated heterocycles. The molecule has 35 heavy (non-hydrogen) atoms. The standard InChI is InChI=1S/C28H31N3O4/c29-31-30-16-25-20-33-26(21-32-17-22-10-4-1-5-11-22)28(35-19-24-14-8-3-9-15-24)27(25)34-18-23-12-6-2-7-13-23/h1-15,25-28H,16-21H2/t25-,26-,27-,28+/m1/s1. The zero-order chi connectivity index (χ0) is 24.1. The van der Waals surface area contributed by atoms with Gasteiger partial charge in [-0.3, -0.25) is 0 Å². The van der Waals surface area contributed by atoms with E-state index in [0.29, 0.717) is 33.0 Å². The number of nitrogens with zero attached hydrogens (tertiary/aromatic N) is 3. The quantitative estimate of drug-likeness (QED) is 0.192. The van der Waals surface area contributed by atoms with Crippen LogP contribution in [0.1, 0.15) is 16.7 Å². The molecule has 0 amide bonds. The van der Waals surface area contributed by atoms with Crippen LogP contribution in [-0.4, -0.2) is 38.1 Å². The van der Waals surface area contributed by atoms with Crippen LogP contribution < -0.4 is 0 Å². The third kappa shape index (κ3) is 7.65. The number of hydrogen-bond donors (Lipinski definition) is 0. The molecule has 1 fully saturated rings. The summed E-state index contributed by atoms with van der Waals surface area (Å²) < 4.78 is 25.1. The van der Waals surface area contributed by atoms with Gasteiger partial charge in [0, 0.05) is 17.4 Å². The van der Waals surface area contributed by atoms with Crippen LogP contribution in [0.3, 0.4) is 0 Å². The molecule has 1 aliphatic heterocycles. The maximum Gasteiger partial charge on any atom is 0.113 e. The predicted octanol–water partition coefficient (Wildman–Crippen LogP) is 5.70. The van der Waals surface area contributed by atoms with Crippen molar-refractivity contribution in [3.05, 3.63) is 118 Å². The largest absolute Gasteiger partial charge is 0.374 e. The Kier molecular flexibility index (Phi) is 9.71. The summed E-state index contributed by atoms with van der Waals surface area (Å²) in [6.07, 6.45) is -1.02. The highest BCUT2D eigenvalue weighted by Gasteiger charge is 2.42. The summed E-state index contributed by atoms with van der Waals surface area (Å²) in [6.45, 7) is 2.39. The van der Waals surface area contributed by atoms with E-state index in [9.17, 15) is 0 Å². The van der Waals surface area contributed by atoms with E-state index in [0.717, 1.165) is 16.7 Å². The highest BCUT2D eigenvalue weighted by Crippen LogP contribution is 2.28. The molecule has 0 saturated carbocycles. The molecule has 3 aromatic carbocycles. The fourth-order valence-electron chi connectivity index (χ4n) is 4.19. The Labute approximate surface area is 206 Å². The summed E-state index contributed by atoms with van der Waals surface area (Å²) in [5.41, 5.74) is 12.1. The molecule has 1 aliphatic rings. The van der Waals surface area contributed by atoms with Gasteiger partial charge in [-0.2, -0.15) is 0 Å². The normalized spacial score (nSPS) is 21.8. The first kappa shape index (κ1) is 24.9. The Morgan fingerprint density at radius 2 is 1.26 bits per heavy atom. The lowest BCUT2D eigenvalue weighted by molar-refractivity contribution is -0.218. The molecule has 7 heteroatoms. The average Bonchev–Trinajstić information content (AvgIpc) is 2.92. The molecule has 0 bridgehead atoms. The highest BCUT2D eigenvalue weighted by atomic mass is 16.6. The van der Waals surface area contributed by atoms with Gasteiger partial charge in [-0.25, -0.2) is 0 Å². The zero-order valence-corrected chi connectivity index (χ0v) is 19.7. The van der Waals surface area contributed by atoms with Gasteiger partial charge in [-0.1, -0.05) is 96.1 Å². The minimum absolute atomic E-state index is 0.124. The first-order valence-corrected chi connectivity index (χ1v) is 11.9. The number of ether oxygens (including phenoxy) is 4. The van der Waals surface area contributed by atoms with Crippen molar-refractivity contribution in [2.75, 3.05) is 19.8 Å². The highest BCUT2D eigenvalue weighted by molar-refractivity contribution is 5.15. The van der Waals surface area contributed by atoms with Gasteiger partial charge in [0.05, 0.1) is 39.1 Å². The summed E-state index contributed by atoms with van der Waals surface area (Å²) in [5.74, 6) is -0.124. The average molecular weight is 474 g/mol. The van der Waals surface area contributed by atoms with Crippen LogP contribution in [0.4, 0.5) is 0 Å². The van der Waals surface area contributed by atoms with E-state index in [1.54, 1.807) is 0 Å². The van der Waals surface area contributed by atoms with E-state index >= 15 is 0 Å².